The quantitative estimate of drug-likeness (QED) is 0.649. The molecular formula is C19H25Cl. The van der Waals surface area contributed by atoms with Gasteiger partial charge in [-0.05, 0) is 73.2 Å². The molecule has 108 valence electrons. The molecule has 3 atom stereocenters. The average molecular weight is 289 g/mol. The summed E-state index contributed by atoms with van der Waals surface area (Å²) in [6.07, 6.45) is 9.68. The first-order chi connectivity index (χ1) is 9.57. The maximum atomic E-state index is 7.00. The fourth-order valence-electron chi connectivity index (χ4n) is 6.20. The van der Waals surface area contributed by atoms with Crippen LogP contribution in [-0.2, 0) is 6.42 Å². The summed E-state index contributed by atoms with van der Waals surface area (Å²) < 4.78 is 0. The molecule has 4 fully saturated rings. The van der Waals surface area contributed by atoms with Crippen LogP contribution in [0, 0.1) is 22.7 Å². The first-order valence-corrected chi connectivity index (χ1v) is 8.69. The van der Waals surface area contributed by atoms with E-state index in [0.29, 0.717) is 16.2 Å². The Labute approximate surface area is 127 Å². The lowest BCUT2D eigenvalue weighted by molar-refractivity contribution is -0.103. The molecule has 0 aliphatic heterocycles. The van der Waals surface area contributed by atoms with Crippen LogP contribution in [0.5, 0.6) is 0 Å². The van der Waals surface area contributed by atoms with Gasteiger partial charge in [0.2, 0.25) is 0 Å². The molecule has 0 saturated heterocycles. The third kappa shape index (κ3) is 2.11. The highest BCUT2D eigenvalue weighted by molar-refractivity contribution is 6.21. The summed E-state index contributed by atoms with van der Waals surface area (Å²) in [5.74, 6) is 1.94. The zero-order valence-corrected chi connectivity index (χ0v) is 13.2. The molecule has 1 aromatic rings. The molecule has 1 heteroatoms. The van der Waals surface area contributed by atoms with Gasteiger partial charge < -0.3 is 0 Å². The second kappa shape index (κ2) is 4.50. The minimum atomic E-state index is 0.329. The maximum absolute atomic E-state index is 7.00. The summed E-state index contributed by atoms with van der Waals surface area (Å²) in [5.41, 5.74) is 2.46. The Morgan fingerprint density at radius 3 is 2.35 bits per heavy atom. The van der Waals surface area contributed by atoms with Crippen LogP contribution in [0.2, 0.25) is 0 Å². The summed E-state index contributed by atoms with van der Waals surface area (Å²) in [6.45, 7) is 2.53. The van der Waals surface area contributed by atoms with E-state index in [1.54, 1.807) is 0 Å². The van der Waals surface area contributed by atoms with Crippen LogP contribution in [0.15, 0.2) is 30.3 Å². The van der Waals surface area contributed by atoms with Gasteiger partial charge in [-0.3, -0.25) is 0 Å². The molecule has 0 amide bonds. The minimum Gasteiger partial charge on any atom is -0.122 e. The molecule has 0 radical (unpaired) electrons. The van der Waals surface area contributed by atoms with Crippen molar-refractivity contribution >= 4 is 11.6 Å². The van der Waals surface area contributed by atoms with Crippen molar-refractivity contribution < 1.29 is 0 Å². The van der Waals surface area contributed by atoms with Gasteiger partial charge >= 0.3 is 0 Å². The van der Waals surface area contributed by atoms with E-state index in [-0.39, 0.29) is 0 Å². The molecule has 5 rings (SSSR count). The van der Waals surface area contributed by atoms with Gasteiger partial charge in [0.25, 0.3) is 0 Å². The van der Waals surface area contributed by atoms with E-state index in [2.05, 4.69) is 37.3 Å². The lowest BCUT2D eigenvalue weighted by Gasteiger charge is -2.62. The highest BCUT2D eigenvalue weighted by atomic mass is 35.5. The van der Waals surface area contributed by atoms with Crippen LogP contribution in [-0.4, -0.2) is 5.38 Å². The Morgan fingerprint density at radius 2 is 1.75 bits per heavy atom. The Morgan fingerprint density at radius 1 is 1.10 bits per heavy atom. The predicted molar refractivity (Wildman–Crippen MR) is 85.0 cm³/mol. The monoisotopic (exact) mass is 288 g/mol. The van der Waals surface area contributed by atoms with E-state index in [4.69, 9.17) is 11.6 Å². The van der Waals surface area contributed by atoms with Crippen LogP contribution in [0.3, 0.4) is 0 Å². The Kier molecular flexibility index (Phi) is 2.97. The molecule has 4 aliphatic carbocycles. The van der Waals surface area contributed by atoms with Gasteiger partial charge in [-0.15, -0.1) is 11.6 Å². The average Bonchev–Trinajstić information content (AvgIpc) is 2.37. The van der Waals surface area contributed by atoms with Crippen LogP contribution < -0.4 is 0 Å². The van der Waals surface area contributed by atoms with E-state index < -0.39 is 0 Å². The molecule has 3 unspecified atom stereocenters. The van der Waals surface area contributed by atoms with E-state index >= 15 is 0 Å². The van der Waals surface area contributed by atoms with E-state index in [1.807, 2.05) is 0 Å². The van der Waals surface area contributed by atoms with Crippen LogP contribution in [0.1, 0.15) is 51.0 Å². The lowest BCUT2D eigenvalue weighted by atomic mass is 9.44. The van der Waals surface area contributed by atoms with Crippen molar-refractivity contribution in [1.82, 2.24) is 0 Å². The minimum absolute atomic E-state index is 0.329. The number of halogens is 1. The van der Waals surface area contributed by atoms with Crippen molar-refractivity contribution in [1.29, 1.82) is 0 Å². The van der Waals surface area contributed by atoms with E-state index in [1.165, 1.54) is 44.1 Å². The largest absolute Gasteiger partial charge is 0.122 e. The van der Waals surface area contributed by atoms with Gasteiger partial charge in [-0.25, -0.2) is 0 Å². The third-order valence-electron chi connectivity index (χ3n) is 6.32. The van der Waals surface area contributed by atoms with Crippen molar-refractivity contribution in [3.63, 3.8) is 0 Å². The number of hydrogen-bond donors (Lipinski definition) is 0. The van der Waals surface area contributed by atoms with E-state index in [9.17, 15) is 0 Å². The Bertz CT molecular complexity index is 478. The summed E-state index contributed by atoms with van der Waals surface area (Å²) in [7, 11) is 0. The number of rotatable bonds is 3. The van der Waals surface area contributed by atoms with Crippen molar-refractivity contribution in [3.05, 3.63) is 35.9 Å². The zero-order valence-electron chi connectivity index (χ0n) is 12.4. The zero-order chi connectivity index (χ0) is 13.8. The SMILES string of the molecule is CC12CC3CC(C1)CC(C(Cl)Cc1ccccc1)(C3)C2. The lowest BCUT2D eigenvalue weighted by Crippen LogP contribution is -2.54. The van der Waals surface area contributed by atoms with Crippen molar-refractivity contribution in [2.75, 3.05) is 0 Å². The highest BCUT2D eigenvalue weighted by Gasteiger charge is 2.57. The predicted octanol–water partition coefficient (Wildman–Crippen LogP) is 5.44. The first-order valence-electron chi connectivity index (χ1n) is 8.25. The van der Waals surface area contributed by atoms with Gasteiger partial charge in [0.1, 0.15) is 0 Å². The molecule has 4 bridgehead atoms. The molecule has 4 aliphatic rings. The van der Waals surface area contributed by atoms with Gasteiger partial charge in [-0.1, -0.05) is 37.3 Å². The van der Waals surface area contributed by atoms with Crippen LogP contribution >= 0.6 is 11.6 Å². The molecule has 0 nitrogen and oxygen atoms in total. The standard InChI is InChI=1S/C19H25Cl/c1-18-9-15-7-16(10-18)12-19(11-15,13-18)17(20)8-14-5-3-2-4-6-14/h2-6,15-17H,7-13H2,1H3. The van der Waals surface area contributed by atoms with E-state index in [0.717, 1.165) is 18.3 Å². The third-order valence-corrected chi connectivity index (χ3v) is 6.94. The van der Waals surface area contributed by atoms with Crippen molar-refractivity contribution in [2.24, 2.45) is 22.7 Å². The first kappa shape index (κ1) is 13.2. The fraction of sp³-hybridized carbons (Fsp3) is 0.684. The van der Waals surface area contributed by atoms with Gasteiger partial charge in [0, 0.05) is 5.38 Å². The second-order valence-electron chi connectivity index (χ2n) is 8.29. The maximum Gasteiger partial charge on any atom is 0.0433 e. The molecule has 4 saturated carbocycles. The normalized spacial score (nSPS) is 43.7. The molecule has 0 aromatic heterocycles. The molecule has 0 spiro atoms. The Hall–Kier alpha value is -0.490. The molecule has 20 heavy (non-hydrogen) atoms. The molecule has 0 heterocycles. The molecule has 1 aromatic carbocycles. The van der Waals surface area contributed by atoms with Gasteiger partial charge in [-0.2, -0.15) is 0 Å². The highest BCUT2D eigenvalue weighted by Crippen LogP contribution is 2.67. The van der Waals surface area contributed by atoms with Gasteiger partial charge in [0.15, 0.2) is 0 Å². The fourth-order valence-corrected chi connectivity index (χ4v) is 6.64. The molecule has 0 N–H and O–H groups in total. The summed E-state index contributed by atoms with van der Waals surface area (Å²) >= 11 is 7.00. The smallest absolute Gasteiger partial charge is 0.0433 e. The molecular weight excluding hydrogens is 264 g/mol. The second-order valence-corrected chi connectivity index (χ2v) is 8.82. The van der Waals surface area contributed by atoms with Crippen molar-refractivity contribution in [3.8, 4) is 0 Å². The van der Waals surface area contributed by atoms with Crippen molar-refractivity contribution in [2.45, 2.75) is 57.2 Å². The number of benzene rings is 1. The topological polar surface area (TPSA) is 0 Å². The summed E-state index contributed by atoms with van der Waals surface area (Å²) in [4.78, 5) is 0. The van der Waals surface area contributed by atoms with Gasteiger partial charge in [0.05, 0.1) is 0 Å². The Balaban J connectivity index is 1.58. The van der Waals surface area contributed by atoms with Crippen LogP contribution in [0.4, 0.5) is 0 Å². The number of hydrogen-bond acceptors (Lipinski definition) is 0. The summed E-state index contributed by atoms with van der Waals surface area (Å²) in [6, 6.07) is 10.8. The number of alkyl halides is 1. The summed E-state index contributed by atoms with van der Waals surface area (Å²) in [5, 5.41) is 0.329. The van der Waals surface area contributed by atoms with Crippen LogP contribution in [0.25, 0.3) is 0 Å².